The minimum absolute atomic E-state index is 0.0324. The smallest absolute Gasteiger partial charge is 0.420 e. The minimum atomic E-state index is -4.74. The Hall–Kier alpha value is -2.45. The number of alkyl halides is 3. The van der Waals surface area contributed by atoms with Crippen molar-refractivity contribution in [1.82, 2.24) is 0 Å². The summed E-state index contributed by atoms with van der Waals surface area (Å²) in [5, 5.41) is 0. The number of esters is 1. The summed E-state index contributed by atoms with van der Waals surface area (Å²) in [4.78, 5) is 24.3. The molecule has 6 nitrogen and oxygen atoms in total. The Labute approximate surface area is 149 Å². The maximum Gasteiger partial charge on any atom is 0.420 e. The van der Waals surface area contributed by atoms with Crippen LogP contribution in [0, 0.1) is 0 Å². The molecule has 0 saturated heterocycles. The van der Waals surface area contributed by atoms with Crippen LogP contribution in [-0.4, -0.2) is 37.9 Å². The molecule has 26 heavy (non-hydrogen) atoms. The average Bonchev–Trinajstić information content (AvgIpc) is 2.49. The Kier molecular flexibility index (Phi) is 6.88. The van der Waals surface area contributed by atoms with E-state index in [1.54, 1.807) is 27.7 Å². The summed E-state index contributed by atoms with van der Waals surface area (Å²) >= 11 is 0. The van der Waals surface area contributed by atoms with Gasteiger partial charge in [-0.1, -0.05) is 0 Å². The summed E-state index contributed by atoms with van der Waals surface area (Å²) in [5.74, 6) is -1.32. The summed E-state index contributed by atoms with van der Waals surface area (Å²) in [6.45, 7) is 5.94. The average molecular weight is 377 g/mol. The molecule has 0 aliphatic carbocycles. The molecule has 0 aliphatic rings. The zero-order valence-corrected chi connectivity index (χ0v) is 15.3. The molecule has 146 valence electrons. The number of carbonyl (C=O) groups is 2. The second kappa shape index (κ2) is 8.29. The molecule has 1 aromatic carbocycles. The van der Waals surface area contributed by atoms with Gasteiger partial charge >= 0.3 is 18.2 Å². The van der Waals surface area contributed by atoms with Crippen LogP contribution >= 0.6 is 0 Å². The fraction of sp³-hybridized carbons (Fsp3) is 0.529. The molecule has 1 aromatic rings. The number of benzene rings is 1. The van der Waals surface area contributed by atoms with E-state index in [9.17, 15) is 22.8 Å². The lowest BCUT2D eigenvalue weighted by Crippen LogP contribution is -2.34. The summed E-state index contributed by atoms with van der Waals surface area (Å²) in [5.41, 5.74) is -1.94. The van der Waals surface area contributed by atoms with Crippen LogP contribution in [0.5, 0.6) is 5.75 Å². The van der Waals surface area contributed by atoms with E-state index in [1.807, 2.05) is 0 Å². The van der Waals surface area contributed by atoms with Gasteiger partial charge in [0.15, 0.2) is 6.61 Å². The summed E-state index contributed by atoms with van der Waals surface area (Å²) in [6, 6.07) is 3.06. The highest BCUT2D eigenvalue weighted by atomic mass is 19.4. The highest BCUT2D eigenvalue weighted by Gasteiger charge is 2.35. The third-order valence-corrected chi connectivity index (χ3v) is 2.97. The van der Waals surface area contributed by atoms with Crippen LogP contribution < -0.4 is 9.64 Å². The van der Waals surface area contributed by atoms with Crippen molar-refractivity contribution in [3.63, 3.8) is 0 Å². The molecule has 0 unspecified atom stereocenters. The van der Waals surface area contributed by atoms with Crippen LogP contribution in [0.2, 0.25) is 0 Å². The van der Waals surface area contributed by atoms with Crippen molar-refractivity contribution < 1.29 is 37.0 Å². The van der Waals surface area contributed by atoms with Gasteiger partial charge in [-0.15, -0.1) is 0 Å². The highest BCUT2D eigenvalue weighted by Crippen LogP contribution is 2.38. The van der Waals surface area contributed by atoms with Crippen LogP contribution in [-0.2, 0) is 20.4 Å². The molecule has 0 N–H and O–H groups in total. The Morgan fingerprint density at radius 2 is 1.77 bits per heavy atom. The lowest BCUT2D eigenvalue weighted by molar-refractivity contribution is -0.147. The van der Waals surface area contributed by atoms with Crippen LogP contribution in [0.1, 0.15) is 33.3 Å². The second-order valence-corrected chi connectivity index (χ2v) is 6.31. The summed E-state index contributed by atoms with van der Waals surface area (Å²) in [7, 11) is 1.29. The van der Waals surface area contributed by atoms with Gasteiger partial charge in [-0.05, 0) is 45.9 Å². The Morgan fingerprint density at radius 1 is 1.15 bits per heavy atom. The molecule has 0 saturated carbocycles. The quantitative estimate of drug-likeness (QED) is 0.725. The number of amides is 1. The van der Waals surface area contributed by atoms with Gasteiger partial charge < -0.3 is 14.2 Å². The van der Waals surface area contributed by atoms with Crippen molar-refractivity contribution in [3.05, 3.63) is 23.8 Å². The van der Waals surface area contributed by atoms with Gasteiger partial charge in [-0.25, -0.2) is 9.59 Å². The predicted molar refractivity (Wildman–Crippen MR) is 88.2 cm³/mol. The first kappa shape index (κ1) is 21.6. The monoisotopic (exact) mass is 377 g/mol. The van der Waals surface area contributed by atoms with Crippen LogP contribution in [0.3, 0.4) is 0 Å². The number of carbonyl (C=O) groups excluding carboxylic acids is 2. The molecule has 0 aliphatic heterocycles. The Balaban J connectivity index is 3.08. The molecular formula is C17H22F3NO5. The number of ether oxygens (including phenoxy) is 3. The van der Waals surface area contributed by atoms with E-state index in [-0.39, 0.29) is 12.3 Å². The molecule has 0 heterocycles. The second-order valence-electron chi connectivity index (χ2n) is 6.31. The van der Waals surface area contributed by atoms with Crippen LogP contribution in [0.4, 0.5) is 23.7 Å². The first-order valence-electron chi connectivity index (χ1n) is 7.81. The fourth-order valence-electron chi connectivity index (χ4n) is 1.85. The molecule has 0 aromatic heterocycles. The van der Waals surface area contributed by atoms with Gasteiger partial charge in [0, 0.05) is 12.7 Å². The van der Waals surface area contributed by atoms with Crippen molar-refractivity contribution >= 4 is 17.7 Å². The Bertz CT molecular complexity index is 653. The van der Waals surface area contributed by atoms with E-state index in [1.165, 1.54) is 13.1 Å². The van der Waals surface area contributed by atoms with Gasteiger partial charge in [0.1, 0.15) is 11.4 Å². The van der Waals surface area contributed by atoms with E-state index in [0.717, 1.165) is 17.0 Å². The Morgan fingerprint density at radius 3 is 2.27 bits per heavy atom. The molecule has 1 amide bonds. The number of hydrogen-bond acceptors (Lipinski definition) is 5. The summed E-state index contributed by atoms with van der Waals surface area (Å²) in [6.07, 6.45) is -5.54. The summed E-state index contributed by atoms with van der Waals surface area (Å²) < 4.78 is 54.6. The van der Waals surface area contributed by atoms with Crippen LogP contribution in [0.15, 0.2) is 18.2 Å². The van der Waals surface area contributed by atoms with E-state index in [0.29, 0.717) is 0 Å². The lowest BCUT2D eigenvalue weighted by Gasteiger charge is -2.25. The fourth-order valence-corrected chi connectivity index (χ4v) is 1.85. The van der Waals surface area contributed by atoms with Crippen molar-refractivity contribution in [3.8, 4) is 5.75 Å². The molecule has 0 atom stereocenters. The standard InChI is InChI=1S/C17H22F3NO5/c1-6-24-14(22)10-25-13-8-7-11(9-12(13)17(18,19)20)21(5)15(23)26-16(2,3)4/h7-9H,6,10H2,1-5H3. The number of anilines is 1. The largest absolute Gasteiger partial charge is 0.481 e. The van der Waals surface area contributed by atoms with E-state index in [2.05, 4.69) is 4.74 Å². The van der Waals surface area contributed by atoms with Crippen LogP contribution in [0.25, 0.3) is 0 Å². The predicted octanol–water partition coefficient (Wildman–Crippen LogP) is 4.02. The van der Waals surface area contributed by atoms with E-state index >= 15 is 0 Å². The van der Waals surface area contributed by atoms with Gasteiger partial charge in [0.05, 0.1) is 12.2 Å². The van der Waals surface area contributed by atoms with E-state index in [4.69, 9.17) is 9.47 Å². The van der Waals surface area contributed by atoms with Crippen molar-refractivity contribution in [2.75, 3.05) is 25.2 Å². The minimum Gasteiger partial charge on any atom is -0.481 e. The topological polar surface area (TPSA) is 65.1 Å². The third kappa shape index (κ3) is 6.45. The maximum atomic E-state index is 13.3. The number of rotatable bonds is 5. The van der Waals surface area contributed by atoms with Gasteiger partial charge in [0.2, 0.25) is 0 Å². The number of nitrogens with zero attached hydrogens (tertiary/aromatic N) is 1. The SMILES string of the molecule is CCOC(=O)COc1ccc(N(C)C(=O)OC(C)(C)C)cc1C(F)(F)F. The third-order valence-electron chi connectivity index (χ3n) is 2.97. The molecule has 9 heteroatoms. The number of halogens is 3. The van der Waals surface area contributed by atoms with Gasteiger partial charge in [-0.3, -0.25) is 4.90 Å². The van der Waals surface area contributed by atoms with Crippen molar-refractivity contribution in [1.29, 1.82) is 0 Å². The zero-order valence-electron chi connectivity index (χ0n) is 15.3. The van der Waals surface area contributed by atoms with Crippen molar-refractivity contribution in [2.45, 2.75) is 39.5 Å². The molecule has 0 bridgehead atoms. The normalized spacial score (nSPS) is 11.7. The lowest BCUT2D eigenvalue weighted by atomic mass is 10.1. The van der Waals surface area contributed by atoms with Gasteiger partial charge in [0.25, 0.3) is 0 Å². The van der Waals surface area contributed by atoms with E-state index < -0.39 is 41.8 Å². The zero-order chi connectivity index (χ0) is 20.1. The molecule has 1 rings (SSSR count). The molecule has 0 fully saturated rings. The molecular weight excluding hydrogens is 355 g/mol. The maximum absolute atomic E-state index is 13.3. The van der Waals surface area contributed by atoms with Crippen molar-refractivity contribution in [2.24, 2.45) is 0 Å². The number of hydrogen-bond donors (Lipinski definition) is 0. The van der Waals surface area contributed by atoms with Gasteiger partial charge in [-0.2, -0.15) is 13.2 Å². The first-order valence-corrected chi connectivity index (χ1v) is 7.81. The molecule has 0 radical (unpaired) electrons. The highest BCUT2D eigenvalue weighted by molar-refractivity contribution is 5.87. The molecule has 0 spiro atoms. The first-order chi connectivity index (χ1) is 11.8.